The molecule has 0 spiro atoms. The summed E-state index contributed by atoms with van der Waals surface area (Å²) in [6.45, 7) is -0.324. The third-order valence-electron chi connectivity index (χ3n) is 5.78. The SMILES string of the molecule is COc1cc(C)c(C(=O)[PH]2(S)C3CCCCC2CC3)c(OC)c1. The van der Waals surface area contributed by atoms with Crippen molar-refractivity contribution in [3.8, 4) is 11.5 Å². The van der Waals surface area contributed by atoms with E-state index in [9.17, 15) is 4.79 Å². The minimum absolute atomic E-state index is 0.284. The summed E-state index contributed by atoms with van der Waals surface area (Å²) in [6.07, 6.45) is 7.23. The molecule has 1 aromatic rings. The summed E-state index contributed by atoms with van der Waals surface area (Å²) in [7, 11) is 3.26. The second-order valence-electron chi connectivity index (χ2n) is 6.93. The predicted octanol–water partition coefficient (Wildman–Crippen LogP) is 4.85. The Morgan fingerprint density at radius 2 is 1.70 bits per heavy atom. The number of aryl methyl sites for hydroxylation is 1. The van der Waals surface area contributed by atoms with Crippen molar-refractivity contribution >= 4 is 24.2 Å². The van der Waals surface area contributed by atoms with Gasteiger partial charge in [-0.2, -0.15) is 0 Å². The minimum atomic E-state index is -2.30. The van der Waals surface area contributed by atoms with Crippen molar-refractivity contribution < 1.29 is 14.3 Å². The van der Waals surface area contributed by atoms with Gasteiger partial charge in [-0.25, -0.2) is 0 Å². The third kappa shape index (κ3) is 2.78. The Morgan fingerprint density at radius 3 is 2.22 bits per heavy atom. The van der Waals surface area contributed by atoms with E-state index in [1.807, 2.05) is 19.1 Å². The van der Waals surface area contributed by atoms with E-state index in [0.29, 0.717) is 17.1 Å². The topological polar surface area (TPSA) is 35.5 Å². The first-order valence-corrected chi connectivity index (χ1v) is 12.0. The van der Waals surface area contributed by atoms with E-state index in [1.54, 1.807) is 14.2 Å². The molecule has 23 heavy (non-hydrogen) atoms. The Balaban J connectivity index is 2.06. The normalized spacial score (nSPS) is 27.1. The van der Waals surface area contributed by atoms with Crippen LogP contribution in [0.15, 0.2) is 12.1 Å². The van der Waals surface area contributed by atoms with E-state index >= 15 is 0 Å². The number of ether oxygens (including phenoxy) is 2. The Morgan fingerprint density at radius 1 is 1.09 bits per heavy atom. The molecule has 128 valence electrons. The van der Waals surface area contributed by atoms with Crippen molar-refractivity contribution in [2.75, 3.05) is 14.2 Å². The van der Waals surface area contributed by atoms with Crippen LogP contribution in [-0.2, 0) is 0 Å². The van der Waals surface area contributed by atoms with Crippen LogP contribution >= 0.6 is 18.7 Å². The van der Waals surface area contributed by atoms with Crippen LogP contribution in [0.5, 0.6) is 11.5 Å². The number of methoxy groups -OCH3 is 2. The van der Waals surface area contributed by atoms with Gasteiger partial charge in [0.05, 0.1) is 0 Å². The number of fused-ring (bicyclic) bond motifs is 2. The van der Waals surface area contributed by atoms with Gasteiger partial charge >= 0.3 is 144 Å². The van der Waals surface area contributed by atoms with Gasteiger partial charge in [0.2, 0.25) is 0 Å². The van der Waals surface area contributed by atoms with Gasteiger partial charge in [-0.15, -0.1) is 0 Å². The number of hydrogen-bond acceptors (Lipinski definition) is 4. The Hall–Kier alpha value is -0.730. The van der Waals surface area contributed by atoms with Gasteiger partial charge in [-0.05, 0) is 0 Å². The van der Waals surface area contributed by atoms with Gasteiger partial charge in [0.25, 0.3) is 0 Å². The molecule has 1 aromatic carbocycles. The molecule has 2 atom stereocenters. The summed E-state index contributed by atoms with van der Waals surface area (Å²) in [6, 6.07) is 3.75. The molecule has 2 heterocycles. The quantitative estimate of drug-likeness (QED) is 0.620. The van der Waals surface area contributed by atoms with E-state index in [4.69, 9.17) is 21.7 Å². The summed E-state index contributed by atoms with van der Waals surface area (Å²) in [5, 5.41) is 0. The first kappa shape index (κ1) is 17.1. The molecule has 0 aliphatic carbocycles. The van der Waals surface area contributed by atoms with Crippen molar-refractivity contribution in [1.82, 2.24) is 0 Å². The van der Waals surface area contributed by atoms with Crippen LogP contribution in [0.1, 0.15) is 54.4 Å². The van der Waals surface area contributed by atoms with Crippen LogP contribution in [0.2, 0.25) is 0 Å². The molecule has 2 unspecified atom stereocenters. The number of benzene rings is 1. The second-order valence-corrected chi connectivity index (χ2v) is 12.9. The van der Waals surface area contributed by atoms with Gasteiger partial charge in [0.1, 0.15) is 0 Å². The molecular weight excluding hydrogens is 327 g/mol. The van der Waals surface area contributed by atoms with Crippen LogP contribution in [-0.4, -0.2) is 31.1 Å². The summed E-state index contributed by atoms with van der Waals surface area (Å²) in [4.78, 5) is 13.6. The Bertz CT molecular complexity index is 603. The molecule has 0 saturated carbocycles. The van der Waals surface area contributed by atoms with Crippen LogP contribution < -0.4 is 9.47 Å². The van der Waals surface area contributed by atoms with Gasteiger partial charge < -0.3 is 0 Å². The molecule has 3 nitrogen and oxygen atoms in total. The van der Waals surface area contributed by atoms with Crippen molar-refractivity contribution in [1.29, 1.82) is 0 Å². The maximum atomic E-state index is 13.6. The van der Waals surface area contributed by atoms with Crippen molar-refractivity contribution in [3.05, 3.63) is 23.3 Å². The van der Waals surface area contributed by atoms with Crippen LogP contribution in [0.3, 0.4) is 0 Å². The number of carbonyl (C=O) groups excluding carboxylic acids is 1. The van der Waals surface area contributed by atoms with E-state index in [1.165, 1.54) is 38.5 Å². The van der Waals surface area contributed by atoms with Crippen LogP contribution in [0.4, 0.5) is 0 Å². The fourth-order valence-corrected chi connectivity index (χ4v) is 11.1. The van der Waals surface area contributed by atoms with Crippen LogP contribution in [0, 0.1) is 6.92 Å². The van der Waals surface area contributed by atoms with E-state index in [-0.39, 0.29) is 5.52 Å². The molecule has 0 aromatic heterocycles. The maximum absolute atomic E-state index is 13.6. The first-order chi connectivity index (χ1) is 11.0. The zero-order valence-corrected chi connectivity index (χ0v) is 16.1. The van der Waals surface area contributed by atoms with Gasteiger partial charge in [-0.1, -0.05) is 0 Å². The summed E-state index contributed by atoms with van der Waals surface area (Å²) in [5.41, 5.74) is 3.02. The average molecular weight is 354 g/mol. The average Bonchev–Trinajstić information content (AvgIpc) is 2.74. The Kier molecular flexibility index (Phi) is 4.94. The molecule has 3 rings (SSSR count). The molecule has 2 aliphatic rings. The molecule has 5 heteroatoms. The molecule has 2 bridgehead atoms. The van der Waals surface area contributed by atoms with Crippen LogP contribution in [0.25, 0.3) is 0 Å². The fraction of sp³-hybridized carbons (Fsp3) is 0.611. The molecule has 0 amide bonds. The van der Waals surface area contributed by atoms with Crippen molar-refractivity contribution in [2.45, 2.75) is 56.8 Å². The monoisotopic (exact) mass is 354 g/mol. The van der Waals surface area contributed by atoms with E-state index in [2.05, 4.69) is 0 Å². The first-order valence-electron chi connectivity index (χ1n) is 8.52. The molecule has 2 aliphatic heterocycles. The summed E-state index contributed by atoms with van der Waals surface area (Å²) >= 11 is 5.16. The molecule has 0 N–H and O–H groups in total. The number of thiol groups is 1. The third-order valence-corrected chi connectivity index (χ3v) is 13.2. The molecule has 0 radical (unpaired) electrons. The standard InChI is InChI=1S/C18H27O3PS/c1-12-10-13(20-2)11-16(21-3)17(12)18(19)22(23)14-6-4-5-7-15(22)9-8-14/h10-11,14-15,22-23H,4-9H2,1-3H3. The van der Waals surface area contributed by atoms with Gasteiger partial charge in [0.15, 0.2) is 0 Å². The molecule has 2 saturated heterocycles. The van der Waals surface area contributed by atoms with Gasteiger partial charge in [0, 0.05) is 0 Å². The fourth-order valence-electron chi connectivity index (χ4n) is 4.55. The number of carbonyl (C=O) groups is 1. The van der Waals surface area contributed by atoms with Gasteiger partial charge in [-0.3, -0.25) is 0 Å². The molecule has 2 fully saturated rings. The zero-order valence-electron chi connectivity index (χ0n) is 14.2. The Labute approximate surface area is 144 Å². The molecular formula is C18H27O3PS. The predicted molar refractivity (Wildman–Crippen MR) is 101 cm³/mol. The van der Waals surface area contributed by atoms with Crippen molar-refractivity contribution in [2.24, 2.45) is 0 Å². The van der Waals surface area contributed by atoms with E-state index in [0.717, 1.165) is 16.9 Å². The van der Waals surface area contributed by atoms with E-state index < -0.39 is 6.46 Å². The summed E-state index contributed by atoms with van der Waals surface area (Å²) in [5.74, 6) is 1.37. The van der Waals surface area contributed by atoms with Crippen molar-refractivity contribution in [3.63, 3.8) is 0 Å². The number of rotatable bonds is 4. The number of hydrogen-bond donors (Lipinski definition) is 1. The summed E-state index contributed by atoms with van der Waals surface area (Å²) < 4.78 is 10.9. The second kappa shape index (κ2) is 6.64. The zero-order chi connectivity index (χ0) is 16.6.